The second kappa shape index (κ2) is 6.24. The van der Waals surface area contributed by atoms with Crippen LogP contribution >= 0.6 is 0 Å². The maximum atomic E-state index is 5.95. The van der Waals surface area contributed by atoms with Gasteiger partial charge in [-0.3, -0.25) is 0 Å². The van der Waals surface area contributed by atoms with Gasteiger partial charge in [-0.05, 0) is 54.8 Å². The molecule has 1 aliphatic rings. The van der Waals surface area contributed by atoms with Gasteiger partial charge in [-0.1, -0.05) is 31.9 Å². The van der Waals surface area contributed by atoms with Gasteiger partial charge < -0.3 is 10.5 Å². The van der Waals surface area contributed by atoms with Gasteiger partial charge in [0.2, 0.25) is 0 Å². The summed E-state index contributed by atoms with van der Waals surface area (Å²) in [6.07, 6.45) is 5.23. The highest BCUT2D eigenvalue weighted by Gasteiger charge is 2.29. The van der Waals surface area contributed by atoms with E-state index in [9.17, 15) is 0 Å². The van der Waals surface area contributed by atoms with Crippen molar-refractivity contribution in [1.82, 2.24) is 0 Å². The monoisotopic (exact) mass is 247 g/mol. The van der Waals surface area contributed by atoms with Crippen molar-refractivity contribution in [2.75, 3.05) is 13.7 Å². The Hall–Kier alpha value is -1.02. The van der Waals surface area contributed by atoms with Gasteiger partial charge in [-0.15, -0.1) is 0 Å². The normalized spacial score (nSPS) is 28.1. The topological polar surface area (TPSA) is 35.2 Å². The van der Waals surface area contributed by atoms with Crippen LogP contribution in [0.1, 0.15) is 44.1 Å². The van der Waals surface area contributed by atoms with Crippen molar-refractivity contribution < 1.29 is 4.74 Å². The fraction of sp³-hybridized carbons (Fsp3) is 0.625. The van der Waals surface area contributed by atoms with Gasteiger partial charge in [0.25, 0.3) is 0 Å². The van der Waals surface area contributed by atoms with Crippen LogP contribution in [0.2, 0.25) is 0 Å². The van der Waals surface area contributed by atoms with Gasteiger partial charge in [-0.2, -0.15) is 0 Å². The molecule has 1 aromatic carbocycles. The fourth-order valence-electron chi connectivity index (χ4n) is 3.23. The third-order valence-corrected chi connectivity index (χ3v) is 4.53. The zero-order valence-corrected chi connectivity index (χ0v) is 11.6. The van der Waals surface area contributed by atoms with E-state index in [1.54, 1.807) is 7.11 Å². The zero-order valence-electron chi connectivity index (χ0n) is 11.6. The van der Waals surface area contributed by atoms with Crippen molar-refractivity contribution in [1.29, 1.82) is 0 Å². The van der Waals surface area contributed by atoms with Gasteiger partial charge in [-0.25, -0.2) is 0 Å². The van der Waals surface area contributed by atoms with Gasteiger partial charge >= 0.3 is 0 Å². The zero-order chi connectivity index (χ0) is 13.0. The van der Waals surface area contributed by atoms with Crippen LogP contribution < -0.4 is 10.5 Å². The van der Waals surface area contributed by atoms with Crippen LogP contribution in [0.5, 0.6) is 5.75 Å². The second-order valence-corrected chi connectivity index (χ2v) is 5.46. The fourth-order valence-corrected chi connectivity index (χ4v) is 3.23. The summed E-state index contributed by atoms with van der Waals surface area (Å²) in [5.74, 6) is 3.10. The van der Waals surface area contributed by atoms with E-state index in [-0.39, 0.29) is 0 Å². The predicted octanol–water partition coefficient (Wildman–Crippen LogP) is 3.56. The lowest BCUT2D eigenvalue weighted by molar-refractivity contribution is 0.236. The molecule has 0 spiro atoms. The quantitative estimate of drug-likeness (QED) is 0.883. The molecule has 0 heterocycles. The first kappa shape index (κ1) is 13.4. The van der Waals surface area contributed by atoms with E-state index in [0.717, 1.165) is 18.2 Å². The molecule has 0 aliphatic heterocycles. The van der Waals surface area contributed by atoms with Gasteiger partial charge in [0.15, 0.2) is 0 Å². The molecule has 2 N–H and O–H groups in total. The lowest BCUT2D eigenvalue weighted by Crippen LogP contribution is -2.28. The summed E-state index contributed by atoms with van der Waals surface area (Å²) in [6, 6.07) is 8.56. The number of hydrogen-bond acceptors (Lipinski definition) is 2. The highest BCUT2D eigenvalue weighted by molar-refractivity contribution is 5.30. The molecule has 2 rings (SSSR count). The van der Waals surface area contributed by atoms with Gasteiger partial charge in [0, 0.05) is 0 Å². The Kier molecular flexibility index (Phi) is 4.65. The van der Waals surface area contributed by atoms with E-state index in [1.807, 2.05) is 0 Å². The van der Waals surface area contributed by atoms with Crippen molar-refractivity contribution in [3.05, 3.63) is 29.8 Å². The van der Waals surface area contributed by atoms with E-state index >= 15 is 0 Å². The van der Waals surface area contributed by atoms with E-state index in [4.69, 9.17) is 10.5 Å². The highest BCUT2D eigenvalue weighted by atomic mass is 16.5. The van der Waals surface area contributed by atoms with E-state index in [2.05, 4.69) is 31.2 Å². The van der Waals surface area contributed by atoms with Gasteiger partial charge in [0.05, 0.1) is 7.11 Å². The minimum atomic E-state index is 0.639. The summed E-state index contributed by atoms with van der Waals surface area (Å²) < 4.78 is 5.23. The Morgan fingerprint density at radius 2 is 1.94 bits per heavy atom. The molecule has 0 aromatic heterocycles. The minimum absolute atomic E-state index is 0.639. The first-order valence-electron chi connectivity index (χ1n) is 7.12. The van der Waals surface area contributed by atoms with Crippen LogP contribution in [-0.4, -0.2) is 13.7 Å². The lowest BCUT2D eigenvalue weighted by Gasteiger charge is -2.35. The lowest BCUT2D eigenvalue weighted by atomic mass is 9.70. The maximum absolute atomic E-state index is 5.95. The Labute approximate surface area is 111 Å². The molecule has 2 heteroatoms. The summed E-state index contributed by atoms with van der Waals surface area (Å²) in [6.45, 7) is 3.12. The van der Waals surface area contributed by atoms with Crippen molar-refractivity contribution in [2.24, 2.45) is 17.6 Å². The smallest absolute Gasteiger partial charge is 0.118 e. The molecule has 0 radical (unpaired) electrons. The van der Waals surface area contributed by atoms with E-state index in [0.29, 0.717) is 11.8 Å². The third kappa shape index (κ3) is 2.86. The minimum Gasteiger partial charge on any atom is -0.497 e. The molecule has 3 atom stereocenters. The Morgan fingerprint density at radius 1 is 1.22 bits per heavy atom. The standard InChI is InChI=1S/C16H25NO/c1-3-12-4-5-14(11-17)16(10-12)13-6-8-15(18-2)9-7-13/h6-9,12,14,16H,3-5,10-11,17H2,1-2H3. The molecule has 100 valence electrons. The third-order valence-electron chi connectivity index (χ3n) is 4.53. The van der Waals surface area contributed by atoms with Gasteiger partial charge in [0.1, 0.15) is 5.75 Å². The van der Waals surface area contributed by atoms with E-state index in [1.165, 1.54) is 31.2 Å². The van der Waals surface area contributed by atoms with Crippen molar-refractivity contribution in [3.63, 3.8) is 0 Å². The largest absolute Gasteiger partial charge is 0.497 e. The summed E-state index contributed by atoms with van der Waals surface area (Å²) >= 11 is 0. The van der Waals surface area contributed by atoms with Crippen LogP contribution in [0.3, 0.4) is 0 Å². The molecule has 1 aromatic rings. The van der Waals surface area contributed by atoms with Crippen molar-refractivity contribution >= 4 is 0 Å². The second-order valence-electron chi connectivity index (χ2n) is 5.46. The van der Waals surface area contributed by atoms with Crippen molar-refractivity contribution in [3.8, 4) is 5.75 Å². The average Bonchev–Trinajstić information content (AvgIpc) is 2.46. The molecule has 1 saturated carbocycles. The van der Waals surface area contributed by atoms with Crippen LogP contribution in [-0.2, 0) is 0 Å². The molecule has 0 amide bonds. The summed E-state index contributed by atoms with van der Waals surface area (Å²) in [7, 11) is 1.71. The Bertz CT molecular complexity index is 360. The number of benzene rings is 1. The number of methoxy groups -OCH3 is 1. The maximum Gasteiger partial charge on any atom is 0.118 e. The summed E-state index contributed by atoms with van der Waals surface area (Å²) in [5.41, 5.74) is 7.38. The molecule has 0 saturated heterocycles. The van der Waals surface area contributed by atoms with E-state index < -0.39 is 0 Å². The molecular weight excluding hydrogens is 222 g/mol. The Morgan fingerprint density at radius 3 is 2.50 bits per heavy atom. The van der Waals surface area contributed by atoms with Crippen LogP contribution in [0.25, 0.3) is 0 Å². The number of ether oxygens (including phenoxy) is 1. The molecule has 0 bridgehead atoms. The first-order valence-corrected chi connectivity index (χ1v) is 7.12. The average molecular weight is 247 g/mol. The SMILES string of the molecule is CCC1CCC(CN)C(c2ccc(OC)cc2)C1. The van der Waals surface area contributed by atoms with Crippen LogP contribution in [0.15, 0.2) is 24.3 Å². The molecule has 1 aliphatic carbocycles. The number of nitrogens with two attached hydrogens (primary N) is 1. The molecule has 1 fully saturated rings. The molecular formula is C16H25NO. The highest BCUT2D eigenvalue weighted by Crippen LogP contribution is 2.41. The molecule has 2 nitrogen and oxygen atoms in total. The number of rotatable bonds is 4. The Balaban J connectivity index is 2.15. The predicted molar refractivity (Wildman–Crippen MR) is 75.9 cm³/mol. The molecule has 18 heavy (non-hydrogen) atoms. The van der Waals surface area contributed by atoms with Crippen LogP contribution in [0.4, 0.5) is 0 Å². The number of hydrogen-bond donors (Lipinski definition) is 1. The first-order chi connectivity index (χ1) is 8.78. The summed E-state index contributed by atoms with van der Waals surface area (Å²) in [4.78, 5) is 0. The summed E-state index contributed by atoms with van der Waals surface area (Å²) in [5, 5.41) is 0. The van der Waals surface area contributed by atoms with Crippen molar-refractivity contribution in [2.45, 2.75) is 38.5 Å². The van der Waals surface area contributed by atoms with Crippen LogP contribution in [0, 0.1) is 11.8 Å². The molecule has 3 unspecified atom stereocenters.